The van der Waals surface area contributed by atoms with Gasteiger partial charge in [-0.1, -0.05) is 20.8 Å². The van der Waals surface area contributed by atoms with Gasteiger partial charge >= 0.3 is 5.97 Å². The quantitative estimate of drug-likeness (QED) is 0.705. The van der Waals surface area contributed by atoms with Crippen LogP contribution in [0.15, 0.2) is 0 Å². The molecule has 1 saturated carbocycles. The Bertz CT molecular complexity index is 253. The van der Waals surface area contributed by atoms with Gasteiger partial charge in [0.1, 0.15) is 0 Å². The molecule has 0 spiro atoms. The Kier molecular flexibility index (Phi) is 1.57. The summed E-state index contributed by atoms with van der Waals surface area (Å²) in [6.45, 7) is 7.67. The molecule has 2 fully saturated rings. The van der Waals surface area contributed by atoms with E-state index in [1.54, 1.807) is 0 Å². The fourth-order valence-electron chi connectivity index (χ4n) is 3.00. The third-order valence-electron chi connectivity index (χ3n) is 3.71. The minimum Gasteiger partial charge on any atom is -0.481 e. The Morgan fingerprint density at radius 1 is 1.38 bits per heavy atom. The van der Waals surface area contributed by atoms with E-state index in [9.17, 15) is 4.79 Å². The molecule has 1 heterocycles. The maximum atomic E-state index is 10.9. The van der Waals surface area contributed by atoms with E-state index in [4.69, 9.17) is 9.84 Å². The summed E-state index contributed by atoms with van der Waals surface area (Å²) in [6, 6.07) is 0. The summed E-state index contributed by atoms with van der Waals surface area (Å²) in [5.41, 5.74) is 0.0803. The molecular weight excluding hydrogens is 168 g/mol. The van der Waals surface area contributed by atoms with E-state index in [2.05, 4.69) is 6.92 Å². The number of carboxylic acids is 1. The first kappa shape index (κ1) is 9.00. The van der Waals surface area contributed by atoms with Crippen LogP contribution in [0.1, 0.15) is 20.8 Å². The molecule has 0 radical (unpaired) electrons. The van der Waals surface area contributed by atoms with Crippen molar-refractivity contribution in [2.75, 3.05) is 13.2 Å². The molecule has 0 bridgehead atoms. The number of hydrogen-bond donors (Lipinski definition) is 1. The normalized spacial score (nSPS) is 39.3. The standard InChI is InChI=1S/C10H16O3/c1-9(2)6(8(11)12)7(9)10(3)4-13-5-10/h6-7H,4-5H2,1-3H3,(H,11,12). The van der Waals surface area contributed by atoms with Crippen molar-refractivity contribution in [1.82, 2.24) is 0 Å². The molecule has 74 valence electrons. The van der Waals surface area contributed by atoms with Gasteiger partial charge in [-0.15, -0.1) is 0 Å². The van der Waals surface area contributed by atoms with E-state index < -0.39 is 5.97 Å². The monoisotopic (exact) mass is 184 g/mol. The summed E-state index contributed by atoms with van der Waals surface area (Å²) in [5, 5.41) is 9.00. The second-order valence-corrected chi connectivity index (χ2v) is 5.26. The molecule has 1 aliphatic heterocycles. The average molecular weight is 184 g/mol. The molecule has 0 aromatic heterocycles. The van der Waals surface area contributed by atoms with Crippen molar-refractivity contribution < 1.29 is 14.6 Å². The van der Waals surface area contributed by atoms with E-state index in [0.717, 1.165) is 13.2 Å². The molecule has 2 aliphatic rings. The van der Waals surface area contributed by atoms with Crippen molar-refractivity contribution in [3.8, 4) is 0 Å². The molecular formula is C10H16O3. The van der Waals surface area contributed by atoms with Gasteiger partial charge in [0.2, 0.25) is 0 Å². The molecule has 0 amide bonds. The number of rotatable bonds is 2. The number of ether oxygens (including phenoxy) is 1. The van der Waals surface area contributed by atoms with Crippen LogP contribution in [0.2, 0.25) is 0 Å². The Hall–Kier alpha value is -0.570. The van der Waals surface area contributed by atoms with E-state index in [0.29, 0.717) is 5.92 Å². The lowest BCUT2D eigenvalue weighted by atomic mass is 9.79. The van der Waals surface area contributed by atoms with Crippen molar-refractivity contribution in [1.29, 1.82) is 0 Å². The third kappa shape index (κ3) is 1.03. The van der Waals surface area contributed by atoms with Crippen LogP contribution >= 0.6 is 0 Å². The first-order chi connectivity index (χ1) is 5.89. The number of carboxylic acid groups (broad SMARTS) is 1. The van der Waals surface area contributed by atoms with E-state index >= 15 is 0 Å². The van der Waals surface area contributed by atoms with Crippen LogP contribution in [0.25, 0.3) is 0 Å². The molecule has 1 N–H and O–H groups in total. The van der Waals surface area contributed by atoms with Gasteiger partial charge in [0.15, 0.2) is 0 Å². The zero-order valence-electron chi connectivity index (χ0n) is 8.33. The highest BCUT2D eigenvalue weighted by atomic mass is 16.5. The molecule has 2 unspecified atom stereocenters. The predicted molar refractivity (Wildman–Crippen MR) is 47.3 cm³/mol. The Labute approximate surface area is 78.1 Å². The summed E-state index contributed by atoms with van der Waals surface area (Å²) in [4.78, 5) is 10.9. The van der Waals surface area contributed by atoms with E-state index in [1.807, 2.05) is 13.8 Å². The maximum absolute atomic E-state index is 10.9. The van der Waals surface area contributed by atoms with E-state index in [-0.39, 0.29) is 16.7 Å². The molecule has 2 atom stereocenters. The van der Waals surface area contributed by atoms with Gasteiger partial charge in [-0.05, 0) is 11.3 Å². The van der Waals surface area contributed by atoms with Crippen LogP contribution in [0, 0.1) is 22.7 Å². The minimum absolute atomic E-state index is 0.0373. The summed E-state index contributed by atoms with van der Waals surface area (Å²) >= 11 is 0. The minimum atomic E-state index is -0.650. The van der Waals surface area contributed by atoms with Crippen molar-refractivity contribution in [2.45, 2.75) is 20.8 Å². The van der Waals surface area contributed by atoms with Crippen molar-refractivity contribution >= 4 is 5.97 Å². The Morgan fingerprint density at radius 2 is 1.92 bits per heavy atom. The van der Waals surface area contributed by atoms with Gasteiger partial charge in [0.05, 0.1) is 19.1 Å². The van der Waals surface area contributed by atoms with Crippen molar-refractivity contribution in [3.05, 3.63) is 0 Å². The first-order valence-corrected chi connectivity index (χ1v) is 4.70. The predicted octanol–water partition coefficient (Wildman–Crippen LogP) is 1.38. The highest BCUT2D eigenvalue weighted by Crippen LogP contribution is 2.67. The molecule has 0 aromatic rings. The zero-order valence-corrected chi connectivity index (χ0v) is 8.33. The molecule has 3 nitrogen and oxygen atoms in total. The van der Waals surface area contributed by atoms with Crippen LogP contribution in [-0.4, -0.2) is 24.3 Å². The highest BCUT2D eigenvalue weighted by Gasteiger charge is 2.69. The Balaban J connectivity index is 2.15. The second kappa shape index (κ2) is 2.27. The zero-order chi connectivity index (χ0) is 9.85. The molecule has 0 aromatic carbocycles. The van der Waals surface area contributed by atoms with E-state index in [1.165, 1.54) is 0 Å². The van der Waals surface area contributed by atoms with Crippen LogP contribution in [-0.2, 0) is 9.53 Å². The summed E-state index contributed by atoms with van der Waals surface area (Å²) < 4.78 is 5.17. The van der Waals surface area contributed by atoms with Crippen molar-refractivity contribution in [3.63, 3.8) is 0 Å². The van der Waals surface area contributed by atoms with Gasteiger partial charge in [-0.2, -0.15) is 0 Å². The van der Waals surface area contributed by atoms with Gasteiger partial charge in [-0.25, -0.2) is 0 Å². The maximum Gasteiger partial charge on any atom is 0.307 e. The fraction of sp³-hybridized carbons (Fsp3) is 0.900. The topological polar surface area (TPSA) is 46.5 Å². The van der Waals surface area contributed by atoms with Gasteiger partial charge in [-0.3, -0.25) is 4.79 Å². The molecule has 13 heavy (non-hydrogen) atoms. The molecule has 2 rings (SSSR count). The van der Waals surface area contributed by atoms with Crippen molar-refractivity contribution in [2.24, 2.45) is 22.7 Å². The first-order valence-electron chi connectivity index (χ1n) is 4.70. The third-order valence-corrected chi connectivity index (χ3v) is 3.71. The fourth-order valence-corrected chi connectivity index (χ4v) is 3.00. The Morgan fingerprint density at radius 3 is 2.15 bits per heavy atom. The molecule has 3 heteroatoms. The average Bonchev–Trinajstić information content (AvgIpc) is 2.49. The number of hydrogen-bond acceptors (Lipinski definition) is 2. The lowest BCUT2D eigenvalue weighted by Gasteiger charge is -2.39. The lowest BCUT2D eigenvalue weighted by molar-refractivity contribution is -0.143. The van der Waals surface area contributed by atoms with Crippen LogP contribution in [0.3, 0.4) is 0 Å². The second-order valence-electron chi connectivity index (χ2n) is 5.26. The lowest BCUT2D eigenvalue weighted by Crippen LogP contribution is -2.43. The van der Waals surface area contributed by atoms with Crippen LogP contribution in [0.5, 0.6) is 0 Å². The van der Waals surface area contributed by atoms with Crippen LogP contribution < -0.4 is 0 Å². The van der Waals surface area contributed by atoms with Crippen LogP contribution in [0.4, 0.5) is 0 Å². The van der Waals surface area contributed by atoms with Gasteiger partial charge < -0.3 is 9.84 Å². The highest BCUT2D eigenvalue weighted by molar-refractivity contribution is 5.75. The number of aliphatic carboxylic acids is 1. The smallest absolute Gasteiger partial charge is 0.307 e. The SMILES string of the molecule is CC1(C2C(C(=O)O)C2(C)C)COC1. The van der Waals surface area contributed by atoms with Gasteiger partial charge in [0.25, 0.3) is 0 Å². The number of carbonyl (C=O) groups is 1. The summed E-state index contributed by atoms with van der Waals surface area (Å²) in [5.74, 6) is -0.518. The molecule has 1 saturated heterocycles. The summed E-state index contributed by atoms with van der Waals surface area (Å²) in [7, 11) is 0. The summed E-state index contributed by atoms with van der Waals surface area (Å²) in [6.07, 6.45) is 0. The largest absolute Gasteiger partial charge is 0.481 e. The molecule has 1 aliphatic carbocycles. The van der Waals surface area contributed by atoms with Gasteiger partial charge in [0, 0.05) is 5.41 Å².